The molecule has 0 spiro atoms. The lowest BCUT2D eigenvalue weighted by atomic mass is 10.2. The zero-order chi connectivity index (χ0) is 14.1. The lowest BCUT2D eigenvalue weighted by Gasteiger charge is -2.05. The van der Waals surface area contributed by atoms with Gasteiger partial charge in [-0.2, -0.15) is 0 Å². The maximum Gasteiger partial charge on any atom is 0.265 e. The molecule has 0 saturated carbocycles. The Morgan fingerprint density at radius 3 is 2.70 bits per heavy atom. The number of aryl methyl sites for hydroxylation is 1. The van der Waals surface area contributed by atoms with Gasteiger partial charge in [0.05, 0.1) is 4.88 Å². The third-order valence-corrected chi connectivity index (χ3v) is 5.07. The molecule has 3 rings (SSSR count). The molecule has 0 bridgehead atoms. The molecule has 2 aromatic carbocycles. The molecule has 0 atom stereocenters. The predicted octanol–water partition coefficient (Wildman–Crippen LogP) is 5.22. The molecule has 1 amide bonds. The van der Waals surface area contributed by atoms with E-state index in [1.165, 1.54) is 11.3 Å². The summed E-state index contributed by atoms with van der Waals surface area (Å²) in [5.74, 6) is -0.0621. The summed E-state index contributed by atoms with van der Waals surface area (Å²) in [6.45, 7) is 2.00. The Morgan fingerprint density at radius 2 is 1.95 bits per heavy atom. The molecule has 1 aromatic heterocycles. The fourth-order valence-corrected chi connectivity index (χ4v) is 3.21. The number of nitrogens with one attached hydrogen (secondary N) is 1. The van der Waals surface area contributed by atoms with E-state index in [1.54, 1.807) is 0 Å². The van der Waals surface area contributed by atoms with Crippen LogP contribution < -0.4 is 5.32 Å². The number of hydrogen-bond donors (Lipinski definition) is 1. The molecule has 3 aromatic rings. The van der Waals surface area contributed by atoms with Crippen LogP contribution in [0.1, 0.15) is 15.2 Å². The number of anilines is 1. The smallest absolute Gasteiger partial charge is 0.265 e. The van der Waals surface area contributed by atoms with Gasteiger partial charge in [-0.1, -0.05) is 34.1 Å². The van der Waals surface area contributed by atoms with Gasteiger partial charge < -0.3 is 5.32 Å². The number of fused-ring (bicyclic) bond motifs is 1. The van der Waals surface area contributed by atoms with Crippen molar-refractivity contribution in [2.75, 3.05) is 5.32 Å². The van der Waals surface area contributed by atoms with Crippen LogP contribution in [0.25, 0.3) is 10.1 Å². The maximum absolute atomic E-state index is 12.3. The summed E-state index contributed by atoms with van der Waals surface area (Å²) in [4.78, 5) is 13.0. The number of carbonyl (C=O) groups is 1. The Morgan fingerprint density at radius 1 is 1.15 bits per heavy atom. The molecule has 0 unspecified atom stereocenters. The van der Waals surface area contributed by atoms with Crippen molar-refractivity contribution in [1.29, 1.82) is 0 Å². The van der Waals surface area contributed by atoms with E-state index in [1.807, 2.05) is 55.5 Å². The average molecular weight is 346 g/mol. The largest absolute Gasteiger partial charge is 0.321 e. The maximum atomic E-state index is 12.3. The number of amides is 1. The molecule has 4 heteroatoms. The van der Waals surface area contributed by atoms with Gasteiger partial charge in [0.15, 0.2) is 0 Å². The predicted molar refractivity (Wildman–Crippen MR) is 88.7 cm³/mol. The van der Waals surface area contributed by atoms with Gasteiger partial charge in [0.1, 0.15) is 0 Å². The first-order valence-electron chi connectivity index (χ1n) is 6.19. The Bertz CT molecular complexity index is 761. The van der Waals surface area contributed by atoms with E-state index in [2.05, 4.69) is 21.2 Å². The Hall–Kier alpha value is -1.65. The number of halogens is 1. The standard InChI is InChI=1S/C16H12BrNOS/c1-10-8-12(6-7-13(10)17)18-16(19)15-9-11-4-2-3-5-14(11)20-15/h2-9H,1H3,(H,18,19). The zero-order valence-electron chi connectivity index (χ0n) is 10.8. The number of benzene rings is 2. The number of carbonyl (C=O) groups excluding carboxylic acids is 1. The number of rotatable bonds is 2. The molecule has 1 N–H and O–H groups in total. The van der Waals surface area contributed by atoms with Gasteiger partial charge >= 0.3 is 0 Å². The summed E-state index contributed by atoms with van der Waals surface area (Å²) in [7, 11) is 0. The monoisotopic (exact) mass is 345 g/mol. The molecule has 0 saturated heterocycles. The highest BCUT2D eigenvalue weighted by Crippen LogP contribution is 2.26. The van der Waals surface area contributed by atoms with Crippen LogP contribution in [-0.4, -0.2) is 5.91 Å². The first kappa shape index (κ1) is 13.3. The summed E-state index contributed by atoms with van der Waals surface area (Å²) < 4.78 is 2.17. The second-order valence-corrected chi connectivity index (χ2v) is 6.50. The van der Waals surface area contributed by atoms with Gasteiger partial charge in [0, 0.05) is 14.9 Å². The lowest BCUT2D eigenvalue weighted by Crippen LogP contribution is -2.10. The summed E-state index contributed by atoms with van der Waals surface area (Å²) in [5, 5.41) is 4.04. The van der Waals surface area contributed by atoms with Crippen LogP contribution in [0.15, 0.2) is 53.0 Å². The molecular formula is C16H12BrNOS. The number of hydrogen-bond acceptors (Lipinski definition) is 2. The Labute approximate surface area is 129 Å². The van der Waals surface area contributed by atoms with Gasteiger partial charge in [-0.25, -0.2) is 0 Å². The van der Waals surface area contributed by atoms with E-state index in [4.69, 9.17) is 0 Å². The second-order valence-electron chi connectivity index (χ2n) is 4.57. The van der Waals surface area contributed by atoms with E-state index in [0.717, 1.165) is 30.7 Å². The SMILES string of the molecule is Cc1cc(NC(=O)c2cc3ccccc3s2)ccc1Br. The molecule has 20 heavy (non-hydrogen) atoms. The van der Waals surface area contributed by atoms with Gasteiger partial charge in [-0.05, 0) is 48.2 Å². The summed E-state index contributed by atoms with van der Waals surface area (Å²) in [6.07, 6.45) is 0. The number of thiophene rings is 1. The molecule has 0 aliphatic carbocycles. The van der Waals surface area contributed by atoms with Crippen molar-refractivity contribution in [2.45, 2.75) is 6.92 Å². The highest BCUT2D eigenvalue weighted by atomic mass is 79.9. The third-order valence-electron chi connectivity index (χ3n) is 3.07. The van der Waals surface area contributed by atoms with Crippen LogP contribution in [0.4, 0.5) is 5.69 Å². The molecule has 100 valence electrons. The van der Waals surface area contributed by atoms with Crippen molar-refractivity contribution in [1.82, 2.24) is 0 Å². The third kappa shape index (κ3) is 2.62. The minimum absolute atomic E-state index is 0.0621. The first-order chi connectivity index (χ1) is 9.63. The molecule has 0 aliphatic heterocycles. The summed E-state index contributed by atoms with van der Waals surface area (Å²) in [6, 6.07) is 15.7. The second kappa shape index (κ2) is 5.38. The van der Waals surface area contributed by atoms with E-state index < -0.39 is 0 Å². The van der Waals surface area contributed by atoms with Crippen LogP contribution >= 0.6 is 27.3 Å². The van der Waals surface area contributed by atoms with Crippen molar-refractivity contribution < 1.29 is 4.79 Å². The Balaban J connectivity index is 1.86. The Kier molecular flexibility index (Phi) is 3.59. The van der Waals surface area contributed by atoms with Crippen LogP contribution in [0.3, 0.4) is 0 Å². The van der Waals surface area contributed by atoms with Gasteiger partial charge in [-0.15, -0.1) is 11.3 Å². The fraction of sp³-hybridized carbons (Fsp3) is 0.0625. The molecule has 2 nitrogen and oxygen atoms in total. The molecule has 0 aliphatic rings. The van der Waals surface area contributed by atoms with Gasteiger partial charge in [0.25, 0.3) is 5.91 Å². The molecule has 1 heterocycles. The van der Waals surface area contributed by atoms with E-state index in [-0.39, 0.29) is 5.91 Å². The van der Waals surface area contributed by atoms with Crippen LogP contribution in [0.5, 0.6) is 0 Å². The van der Waals surface area contributed by atoms with Crippen LogP contribution in [0.2, 0.25) is 0 Å². The van der Waals surface area contributed by atoms with E-state index in [9.17, 15) is 4.79 Å². The van der Waals surface area contributed by atoms with Crippen molar-refractivity contribution in [3.63, 3.8) is 0 Å². The van der Waals surface area contributed by atoms with Crippen molar-refractivity contribution in [2.24, 2.45) is 0 Å². The normalized spacial score (nSPS) is 10.7. The minimum atomic E-state index is -0.0621. The topological polar surface area (TPSA) is 29.1 Å². The fourth-order valence-electron chi connectivity index (χ4n) is 2.01. The molecule has 0 radical (unpaired) electrons. The van der Waals surface area contributed by atoms with Crippen molar-refractivity contribution in [3.8, 4) is 0 Å². The quantitative estimate of drug-likeness (QED) is 0.677. The average Bonchev–Trinajstić information content (AvgIpc) is 2.87. The van der Waals surface area contributed by atoms with Gasteiger partial charge in [-0.3, -0.25) is 4.79 Å². The van der Waals surface area contributed by atoms with Gasteiger partial charge in [0.2, 0.25) is 0 Å². The van der Waals surface area contributed by atoms with Crippen LogP contribution in [0, 0.1) is 6.92 Å². The lowest BCUT2D eigenvalue weighted by molar-refractivity contribution is 0.103. The van der Waals surface area contributed by atoms with E-state index >= 15 is 0 Å². The van der Waals surface area contributed by atoms with Crippen molar-refractivity contribution in [3.05, 3.63) is 63.4 Å². The minimum Gasteiger partial charge on any atom is -0.321 e. The summed E-state index contributed by atoms with van der Waals surface area (Å²) in [5.41, 5.74) is 1.91. The highest BCUT2D eigenvalue weighted by Gasteiger charge is 2.10. The molecule has 0 fully saturated rings. The van der Waals surface area contributed by atoms with E-state index in [0.29, 0.717) is 0 Å². The van der Waals surface area contributed by atoms with Crippen LogP contribution in [-0.2, 0) is 0 Å². The first-order valence-corrected chi connectivity index (χ1v) is 7.80. The highest BCUT2D eigenvalue weighted by molar-refractivity contribution is 9.10. The van der Waals surface area contributed by atoms with Crippen molar-refractivity contribution >= 4 is 48.9 Å². The zero-order valence-corrected chi connectivity index (χ0v) is 13.2. The summed E-state index contributed by atoms with van der Waals surface area (Å²) >= 11 is 4.96. The molecular weight excluding hydrogens is 334 g/mol.